The van der Waals surface area contributed by atoms with Crippen molar-refractivity contribution in [3.05, 3.63) is 6.33 Å². The molecule has 0 aliphatic heterocycles. The fraction of sp³-hybridized carbons (Fsp3) is 0.812. The number of rotatable bonds is 4. The third kappa shape index (κ3) is 2.55. The highest BCUT2D eigenvalue weighted by Gasteiger charge is 2.57. The molecule has 2 bridgehead atoms. The number of carbonyl (C=O) groups excluding carboxylic acids is 1. The maximum atomic E-state index is 12.4. The van der Waals surface area contributed by atoms with Gasteiger partial charge in [-0.2, -0.15) is 0 Å². The Kier molecular flexibility index (Phi) is 4.00. The van der Waals surface area contributed by atoms with E-state index in [9.17, 15) is 4.79 Å². The Balaban J connectivity index is 1.57. The van der Waals surface area contributed by atoms with Crippen molar-refractivity contribution in [2.75, 3.05) is 0 Å². The van der Waals surface area contributed by atoms with E-state index in [2.05, 4.69) is 31.0 Å². The summed E-state index contributed by atoms with van der Waals surface area (Å²) in [7, 11) is 1.87. The average molecular weight is 323 g/mol. The van der Waals surface area contributed by atoms with Gasteiger partial charge in [-0.15, -0.1) is 10.2 Å². The molecule has 1 aromatic heterocycles. The number of esters is 1. The van der Waals surface area contributed by atoms with Crippen LogP contribution in [0.2, 0.25) is 0 Å². The van der Waals surface area contributed by atoms with Crippen molar-refractivity contribution in [2.24, 2.45) is 30.2 Å². The quantitative estimate of drug-likeness (QED) is 0.630. The molecular weight excluding hydrogens is 298 g/mol. The molecule has 0 aromatic carbocycles. The van der Waals surface area contributed by atoms with Gasteiger partial charge in [0.15, 0.2) is 5.16 Å². The number of carbonyl (C=O) groups is 1. The Morgan fingerprint density at radius 3 is 2.77 bits per heavy atom. The number of hydrogen-bond donors (Lipinski definition) is 0. The third-order valence-electron chi connectivity index (χ3n) is 5.84. The van der Waals surface area contributed by atoms with E-state index in [-0.39, 0.29) is 17.3 Å². The summed E-state index contributed by atoms with van der Waals surface area (Å²) in [5.41, 5.74) is 0.418. The fourth-order valence-corrected chi connectivity index (χ4v) is 4.86. The molecule has 6 heteroatoms. The predicted molar refractivity (Wildman–Crippen MR) is 85.4 cm³/mol. The van der Waals surface area contributed by atoms with Crippen molar-refractivity contribution in [2.45, 2.75) is 57.0 Å². The molecule has 0 radical (unpaired) electrons. The molecular formula is C16H25N3O2S. The van der Waals surface area contributed by atoms with Gasteiger partial charge in [-0.1, -0.05) is 32.5 Å². The number of fused-ring (bicyclic) bond motifs is 2. The minimum atomic E-state index is -0.263. The van der Waals surface area contributed by atoms with Crippen LogP contribution in [-0.4, -0.2) is 32.1 Å². The molecule has 0 spiro atoms. The number of ether oxygens (including phenoxy) is 1. The van der Waals surface area contributed by atoms with E-state index in [1.165, 1.54) is 18.2 Å². The summed E-state index contributed by atoms with van der Waals surface area (Å²) >= 11 is 1.40. The number of hydrogen-bond acceptors (Lipinski definition) is 5. The first-order chi connectivity index (χ1) is 10.3. The molecule has 1 aromatic rings. The average Bonchev–Trinajstić information content (AvgIpc) is 2.85. The van der Waals surface area contributed by atoms with Crippen LogP contribution in [0, 0.1) is 23.2 Å². The fourth-order valence-electron chi connectivity index (χ4n) is 4.09. The Labute approximate surface area is 136 Å². The first-order valence-electron chi connectivity index (χ1n) is 8.01. The second-order valence-corrected chi connectivity index (χ2v) is 8.72. The first kappa shape index (κ1) is 15.8. The Hall–Kier alpha value is -1.04. The smallest absolute Gasteiger partial charge is 0.319 e. The number of thioether (sulfide) groups is 1. The molecule has 4 rings (SSSR count). The summed E-state index contributed by atoms with van der Waals surface area (Å²) in [4.78, 5) is 12.4. The second-order valence-electron chi connectivity index (χ2n) is 7.42. The van der Waals surface area contributed by atoms with Gasteiger partial charge in [-0.05, 0) is 42.9 Å². The third-order valence-corrected chi connectivity index (χ3v) is 6.96. The van der Waals surface area contributed by atoms with E-state index in [4.69, 9.17) is 4.74 Å². The summed E-state index contributed by atoms with van der Waals surface area (Å²) in [6.07, 6.45) is 4.02. The molecule has 5 nitrogen and oxygen atoms in total. The highest BCUT2D eigenvalue weighted by atomic mass is 32.2. The van der Waals surface area contributed by atoms with Crippen LogP contribution < -0.4 is 0 Å². The summed E-state index contributed by atoms with van der Waals surface area (Å²) in [6, 6.07) is 0. The standard InChI is InChI=1S/C16H25N3O2S/c1-9-12-6-11(16(12,3)4)7-13(9)21-14(20)10(2)22-15-18-17-8-19(15)5/h8-13H,6-7H2,1-5H3/t9-,10-,11+,12-,13+/m0/s1. The Bertz CT molecular complexity index is 571. The summed E-state index contributed by atoms with van der Waals surface area (Å²) < 4.78 is 7.65. The number of aromatic nitrogens is 3. The van der Waals surface area contributed by atoms with Crippen LogP contribution in [0.3, 0.4) is 0 Å². The normalized spacial score (nSPS) is 33.9. The van der Waals surface area contributed by atoms with Gasteiger partial charge in [-0.25, -0.2) is 0 Å². The van der Waals surface area contributed by atoms with Crippen molar-refractivity contribution >= 4 is 17.7 Å². The zero-order valence-corrected chi connectivity index (χ0v) is 14.8. The van der Waals surface area contributed by atoms with Crippen LogP contribution in [0.4, 0.5) is 0 Å². The van der Waals surface area contributed by atoms with Crippen LogP contribution in [0.1, 0.15) is 40.5 Å². The zero-order chi connectivity index (χ0) is 16.1. The van der Waals surface area contributed by atoms with E-state index in [1.807, 2.05) is 18.5 Å². The number of nitrogens with zero attached hydrogens (tertiary/aromatic N) is 3. The molecule has 0 unspecified atom stereocenters. The molecule has 122 valence electrons. The van der Waals surface area contributed by atoms with Gasteiger partial charge in [0.1, 0.15) is 17.7 Å². The SMILES string of the molecule is C[C@@H]1[C@H](OC(=O)[C@H](C)Sc2nncn2C)C[C@H]2C[C@@H]1C2(C)C. The van der Waals surface area contributed by atoms with Crippen LogP contribution >= 0.6 is 11.8 Å². The van der Waals surface area contributed by atoms with Crippen molar-refractivity contribution in [1.29, 1.82) is 0 Å². The predicted octanol–water partition coefficient (Wildman–Crippen LogP) is 2.91. The monoisotopic (exact) mass is 323 g/mol. The lowest BCUT2D eigenvalue weighted by molar-refractivity contribution is -0.185. The van der Waals surface area contributed by atoms with Crippen molar-refractivity contribution < 1.29 is 9.53 Å². The van der Waals surface area contributed by atoms with Gasteiger partial charge in [-0.3, -0.25) is 4.79 Å². The molecule has 0 saturated heterocycles. The van der Waals surface area contributed by atoms with E-state index < -0.39 is 0 Å². The van der Waals surface area contributed by atoms with Crippen LogP contribution in [0.5, 0.6) is 0 Å². The van der Waals surface area contributed by atoms with Gasteiger partial charge in [0, 0.05) is 7.05 Å². The van der Waals surface area contributed by atoms with Crippen molar-refractivity contribution in [3.63, 3.8) is 0 Å². The van der Waals surface area contributed by atoms with Crippen LogP contribution in [-0.2, 0) is 16.6 Å². The highest BCUT2D eigenvalue weighted by molar-refractivity contribution is 8.00. The molecule has 0 N–H and O–H groups in total. The van der Waals surface area contributed by atoms with Gasteiger partial charge >= 0.3 is 5.97 Å². The zero-order valence-electron chi connectivity index (χ0n) is 13.9. The van der Waals surface area contributed by atoms with Crippen LogP contribution in [0.15, 0.2) is 11.5 Å². The van der Waals surface area contributed by atoms with Crippen LogP contribution in [0.25, 0.3) is 0 Å². The molecule has 5 atom stereocenters. The minimum absolute atomic E-state index is 0.0758. The maximum absolute atomic E-state index is 12.4. The molecule has 3 fully saturated rings. The largest absolute Gasteiger partial charge is 0.461 e. The lowest BCUT2D eigenvalue weighted by atomic mass is 9.45. The van der Waals surface area contributed by atoms with Crippen molar-refractivity contribution in [1.82, 2.24) is 14.8 Å². The van der Waals surface area contributed by atoms with Gasteiger partial charge in [0.25, 0.3) is 0 Å². The minimum Gasteiger partial charge on any atom is -0.461 e. The Morgan fingerprint density at radius 2 is 2.23 bits per heavy atom. The number of aryl methyl sites for hydroxylation is 1. The molecule has 3 aliphatic rings. The summed E-state index contributed by atoms with van der Waals surface area (Å²) in [5.74, 6) is 1.71. The lowest BCUT2D eigenvalue weighted by Gasteiger charge is -2.61. The van der Waals surface area contributed by atoms with Gasteiger partial charge in [0.05, 0.1) is 0 Å². The summed E-state index contributed by atoms with van der Waals surface area (Å²) in [6.45, 7) is 8.82. The second kappa shape index (κ2) is 5.55. The van der Waals surface area contributed by atoms with E-state index in [0.29, 0.717) is 23.2 Å². The molecule has 3 aliphatic carbocycles. The maximum Gasteiger partial charge on any atom is 0.319 e. The van der Waals surface area contributed by atoms with E-state index >= 15 is 0 Å². The molecule has 0 amide bonds. The van der Waals surface area contributed by atoms with Crippen molar-refractivity contribution in [3.8, 4) is 0 Å². The molecule has 1 heterocycles. The van der Waals surface area contributed by atoms with Gasteiger partial charge < -0.3 is 9.30 Å². The van der Waals surface area contributed by atoms with Gasteiger partial charge in [0.2, 0.25) is 0 Å². The Morgan fingerprint density at radius 1 is 1.50 bits per heavy atom. The molecule has 22 heavy (non-hydrogen) atoms. The van der Waals surface area contributed by atoms with E-state index in [0.717, 1.165) is 11.6 Å². The first-order valence-corrected chi connectivity index (χ1v) is 8.89. The topological polar surface area (TPSA) is 57.0 Å². The highest BCUT2D eigenvalue weighted by Crippen LogP contribution is 2.61. The van der Waals surface area contributed by atoms with E-state index in [1.54, 1.807) is 6.33 Å². The summed E-state index contributed by atoms with van der Waals surface area (Å²) in [5, 5.41) is 8.32. The molecule has 3 saturated carbocycles. The lowest BCUT2D eigenvalue weighted by Crippen LogP contribution is -2.57.